The molecule has 0 radical (unpaired) electrons. The third-order valence-electron chi connectivity index (χ3n) is 4.12. The largest absolute Gasteiger partial charge is 0.368 e. The third kappa shape index (κ3) is 3.85. The zero-order valence-electron chi connectivity index (χ0n) is 13.9. The van der Waals surface area contributed by atoms with Crippen LogP contribution in [0, 0.1) is 5.82 Å². The summed E-state index contributed by atoms with van der Waals surface area (Å²) < 4.78 is 19.2. The van der Waals surface area contributed by atoms with Crippen LogP contribution in [0.2, 0.25) is 0 Å². The van der Waals surface area contributed by atoms with E-state index in [1.165, 1.54) is 24.1 Å². The van der Waals surface area contributed by atoms with Crippen molar-refractivity contribution in [3.63, 3.8) is 0 Å². The van der Waals surface area contributed by atoms with Gasteiger partial charge in [-0.25, -0.2) is 4.39 Å². The lowest BCUT2D eigenvalue weighted by atomic mass is 10.1. The Kier molecular flexibility index (Phi) is 5.09. The molecule has 0 spiro atoms. The van der Waals surface area contributed by atoms with Gasteiger partial charge in [0.25, 0.3) is 11.8 Å². The van der Waals surface area contributed by atoms with Crippen molar-refractivity contribution in [2.24, 2.45) is 0 Å². The molecule has 1 aliphatic rings. The Bertz CT molecular complexity index is 788. The minimum Gasteiger partial charge on any atom is -0.368 e. The number of carbonyl (C=O) groups is 2. The van der Waals surface area contributed by atoms with Crippen LogP contribution < -0.4 is 10.2 Å². The monoisotopic (exact) mass is 342 g/mol. The Morgan fingerprint density at radius 3 is 2.72 bits per heavy atom. The van der Waals surface area contributed by atoms with E-state index < -0.39 is 11.9 Å². The fraction of sp³-hybridized carbons (Fsp3) is 0.263. The molecule has 2 aromatic rings. The number of amides is 2. The fourth-order valence-electron chi connectivity index (χ4n) is 2.76. The number of benzene rings is 2. The summed E-state index contributed by atoms with van der Waals surface area (Å²) in [5, 5.41) is 2.76. The summed E-state index contributed by atoms with van der Waals surface area (Å²) >= 11 is 0. The van der Waals surface area contributed by atoms with Crippen LogP contribution in [-0.2, 0) is 9.53 Å². The molecule has 1 heterocycles. The molecule has 0 aliphatic carbocycles. The van der Waals surface area contributed by atoms with Crippen LogP contribution in [-0.4, -0.2) is 31.6 Å². The minimum atomic E-state index is -0.471. The molecule has 1 atom stereocenters. The van der Waals surface area contributed by atoms with E-state index >= 15 is 0 Å². The first-order valence-electron chi connectivity index (χ1n) is 8.11. The van der Waals surface area contributed by atoms with Gasteiger partial charge in [-0.15, -0.1) is 0 Å². The second-order valence-corrected chi connectivity index (χ2v) is 5.89. The summed E-state index contributed by atoms with van der Waals surface area (Å²) in [6.07, 6.45) is 1.12. The van der Waals surface area contributed by atoms with E-state index in [0.717, 1.165) is 6.42 Å². The minimum absolute atomic E-state index is 0.196. The Balaban J connectivity index is 1.75. The maximum absolute atomic E-state index is 13.9. The molecular formula is C19H19FN2O3. The number of nitrogens with one attached hydrogen (secondary N) is 1. The Labute approximate surface area is 145 Å². The summed E-state index contributed by atoms with van der Waals surface area (Å²) in [6.45, 7) is 0.587. The van der Waals surface area contributed by atoms with Gasteiger partial charge in [0.05, 0.1) is 5.69 Å². The molecular weight excluding hydrogens is 323 g/mol. The van der Waals surface area contributed by atoms with Crippen molar-refractivity contribution in [1.82, 2.24) is 0 Å². The molecule has 1 N–H and O–H groups in total. The van der Waals surface area contributed by atoms with Crippen LogP contribution in [0.25, 0.3) is 0 Å². The molecule has 1 aliphatic heterocycles. The van der Waals surface area contributed by atoms with Crippen molar-refractivity contribution >= 4 is 23.2 Å². The third-order valence-corrected chi connectivity index (χ3v) is 4.12. The van der Waals surface area contributed by atoms with Gasteiger partial charge in [-0.3, -0.25) is 9.59 Å². The van der Waals surface area contributed by atoms with E-state index in [2.05, 4.69) is 5.32 Å². The summed E-state index contributed by atoms with van der Waals surface area (Å²) in [5.41, 5.74) is 1.06. The van der Waals surface area contributed by atoms with E-state index in [1.54, 1.807) is 36.4 Å². The molecule has 0 aromatic heterocycles. The molecule has 2 amide bonds. The molecule has 1 fully saturated rings. The summed E-state index contributed by atoms with van der Waals surface area (Å²) in [5.74, 6) is -1.05. The van der Waals surface area contributed by atoms with Crippen molar-refractivity contribution in [2.45, 2.75) is 18.9 Å². The number of hydrogen-bond donors (Lipinski definition) is 1. The summed E-state index contributed by atoms with van der Waals surface area (Å²) in [7, 11) is 1.51. The number of carbonyl (C=O) groups excluding carboxylic acids is 2. The van der Waals surface area contributed by atoms with Crippen molar-refractivity contribution in [2.75, 3.05) is 23.9 Å². The van der Waals surface area contributed by atoms with Gasteiger partial charge in [-0.1, -0.05) is 18.2 Å². The van der Waals surface area contributed by atoms with Gasteiger partial charge < -0.3 is 15.0 Å². The van der Waals surface area contributed by atoms with Crippen molar-refractivity contribution in [1.29, 1.82) is 0 Å². The standard InChI is InChI=1S/C19H19FN2O3/c1-22(16-9-3-2-8-15(16)20)19(24)13-6-4-7-14(12-13)21-18(23)17-10-5-11-25-17/h2-4,6-9,12,17H,5,10-11H2,1H3,(H,21,23)/t17-/m0/s1. The average Bonchev–Trinajstić information content (AvgIpc) is 3.16. The Morgan fingerprint density at radius 2 is 2.00 bits per heavy atom. The molecule has 0 unspecified atom stereocenters. The van der Waals surface area contributed by atoms with Crippen molar-refractivity contribution < 1.29 is 18.7 Å². The number of nitrogens with zero attached hydrogens (tertiary/aromatic N) is 1. The van der Waals surface area contributed by atoms with Crippen LogP contribution in [0.15, 0.2) is 48.5 Å². The van der Waals surface area contributed by atoms with Gasteiger partial charge in [-0.2, -0.15) is 0 Å². The maximum atomic E-state index is 13.9. The highest BCUT2D eigenvalue weighted by atomic mass is 19.1. The van der Waals surface area contributed by atoms with E-state index in [1.807, 2.05) is 0 Å². The van der Waals surface area contributed by atoms with E-state index in [4.69, 9.17) is 4.74 Å². The quantitative estimate of drug-likeness (QED) is 0.928. The number of anilines is 2. The first-order valence-corrected chi connectivity index (χ1v) is 8.11. The SMILES string of the molecule is CN(C(=O)c1cccc(NC(=O)[C@@H]2CCCO2)c1)c1ccccc1F. The maximum Gasteiger partial charge on any atom is 0.258 e. The molecule has 5 nitrogen and oxygen atoms in total. The Morgan fingerprint density at radius 1 is 1.20 bits per heavy atom. The predicted octanol–water partition coefficient (Wildman–Crippen LogP) is 3.22. The van der Waals surface area contributed by atoms with Crippen molar-refractivity contribution in [3.05, 3.63) is 59.9 Å². The number of ether oxygens (including phenoxy) is 1. The second-order valence-electron chi connectivity index (χ2n) is 5.89. The zero-order valence-corrected chi connectivity index (χ0v) is 13.9. The lowest BCUT2D eigenvalue weighted by molar-refractivity contribution is -0.124. The lowest BCUT2D eigenvalue weighted by Crippen LogP contribution is -2.28. The van der Waals surface area contributed by atoms with Crippen LogP contribution in [0.3, 0.4) is 0 Å². The molecule has 6 heteroatoms. The van der Waals surface area contributed by atoms with Gasteiger partial charge >= 0.3 is 0 Å². The van der Waals surface area contributed by atoms with Crippen molar-refractivity contribution in [3.8, 4) is 0 Å². The smallest absolute Gasteiger partial charge is 0.258 e. The highest BCUT2D eigenvalue weighted by Gasteiger charge is 2.24. The van der Waals surface area contributed by atoms with Gasteiger partial charge in [0.2, 0.25) is 0 Å². The zero-order chi connectivity index (χ0) is 17.8. The van der Waals surface area contributed by atoms with E-state index in [9.17, 15) is 14.0 Å². The van der Waals surface area contributed by atoms with Crippen LogP contribution in [0.1, 0.15) is 23.2 Å². The first-order chi connectivity index (χ1) is 12.1. The van der Waals surface area contributed by atoms with E-state index in [-0.39, 0.29) is 17.5 Å². The lowest BCUT2D eigenvalue weighted by Gasteiger charge is -2.18. The second kappa shape index (κ2) is 7.44. The topological polar surface area (TPSA) is 58.6 Å². The molecule has 1 saturated heterocycles. The highest BCUT2D eigenvalue weighted by Crippen LogP contribution is 2.21. The summed E-state index contributed by atoms with van der Waals surface area (Å²) in [4.78, 5) is 26.0. The Hall–Kier alpha value is -2.73. The summed E-state index contributed by atoms with van der Waals surface area (Å²) in [6, 6.07) is 12.7. The number of hydrogen-bond acceptors (Lipinski definition) is 3. The first kappa shape index (κ1) is 17.1. The number of rotatable bonds is 4. The van der Waals surface area contributed by atoms with Crippen LogP contribution >= 0.6 is 0 Å². The van der Waals surface area contributed by atoms with Crippen LogP contribution in [0.4, 0.5) is 15.8 Å². The van der Waals surface area contributed by atoms with Gasteiger partial charge in [0.15, 0.2) is 0 Å². The molecule has 0 saturated carbocycles. The number of halogens is 1. The van der Waals surface area contributed by atoms with E-state index in [0.29, 0.717) is 24.3 Å². The molecule has 0 bridgehead atoms. The normalized spacial score (nSPS) is 16.5. The number of para-hydroxylation sites is 1. The molecule has 2 aromatic carbocycles. The molecule has 3 rings (SSSR count). The fourth-order valence-corrected chi connectivity index (χ4v) is 2.76. The molecule has 130 valence electrons. The average molecular weight is 342 g/mol. The van der Waals surface area contributed by atoms with Gasteiger partial charge in [0.1, 0.15) is 11.9 Å². The van der Waals surface area contributed by atoms with Crippen LogP contribution in [0.5, 0.6) is 0 Å². The van der Waals surface area contributed by atoms with Gasteiger partial charge in [-0.05, 0) is 43.2 Å². The van der Waals surface area contributed by atoms with Gasteiger partial charge in [0, 0.05) is 24.9 Å². The highest BCUT2D eigenvalue weighted by molar-refractivity contribution is 6.06. The molecule has 25 heavy (non-hydrogen) atoms. The predicted molar refractivity (Wildman–Crippen MR) is 93.2 cm³/mol.